The van der Waals surface area contributed by atoms with Crippen LogP contribution in [0.5, 0.6) is 5.75 Å². The second kappa shape index (κ2) is 7.03. The lowest BCUT2D eigenvalue weighted by molar-refractivity contribution is -0.384. The molecule has 0 aromatic heterocycles. The Labute approximate surface area is 123 Å². The van der Waals surface area contributed by atoms with Gasteiger partial charge in [-0.05, 0) is 32.4 Å². The standard InChI is InChI=1S/C14H21N3O4/c1-4-14(3,9-15)13(18)16-11-7-6-10(21-5-2)8-12(11)17(19)20/h6-8H,4-5,9,15H2,1-3H3,(H,16,18). The van der Waals surface area contributed by atoms with Crippen LogP contribution < -0.4 is 15.8 Å². The van der Waals surface area contributed by atoms with Crippen molar-refractivity contribution in [2.45, 2.75) is 27.2 Å². The summed E-state index contributed by atoms with van der Waals surface area (Å²) in [5.74, 6) is 0.0547. The molecule has 116 valence electrons. The van der Waals surface area contributed by atoms with Crippen molar-refractivity contribution < 1.29 is 14.5 Å². The lowest BCUT2D eigenvalue weighted by atomic mass is 9.86. The maximum absolute atomic E-state index is 12.2. The summed E-state index contributed by atoms with van der Waals surface area (Å²) in [5.41, 5.74) is 4.80. The van der Waals surface area contributed by atoms with Crippen LogP contribution in [-0.2, 0) is 4.79 Å². The Morgan fingerprint density at radius 2 is 2.14 bits per heavy atom. The number of nitrogens with zero attached hydrogens (tertiary/aromatic N) is 1. The minimum Gasteiger partial charge on any atom is -0.494 e. The van der Waals surface area contributed by atoms with Crippen molar-refractivity contribution in [2.75, 3.05) is 18.5 Å². The quantitative estimate of drug-likeness (QED) is 0.593. The highest BCUT2D eigenvalue weighted by Crippen LogP contribution is 2.31. The van der Waals surface area contributed by atoms with E-state index in [0.717, 1.165) is 0 Å². The van der Waals surface area contributed by atoms with Gasteiger partial charge in [-0.3, -0.25) is 14.9 Å². The highest BCUT2D eigenvalue weighted by molar-refractivity contribution is 5.97. The lowest BCUT2D eigenvalue weighted by Crippen LogP contribution is -2.39. The second-order valence-electron chi connectivity index (χ2n) is 4.94. The van der Waals surface area contributed by atoms with Gasteiger partial charge in [0.25, 0.3) is 5.69 Å². The Bertz CT molecular complexity index is 527. The van der Waals surface area contributed by atoms with Crippen LogP contribution >= 0.6 is 0 Å². The maximum atomic E-state index is 12.2. The minimum absolute atomic E-state index is 0.140. The van der Waals surface area contributed by atoms with Crippen LogP contribution in [0.2, 0.25) is 0 Å². The number of hydrogen-bond acceptors (Lipinski definition) is 5. The number of benzene rings is 1. The third kappa shape index (κ3) is 3.91. The zero-order chi connectivity index (χ0) is 16.0. The molecule has 1 amide bonds. The Hall–Kier alpha value is -2.15. The van der Waals surface area contributed by atoms with Gasteiger partial charge in [-0.2, -0.15) is 0 Å². The van der Waals surface area contributed by atoms with Gasteiger partial charge in [-0.15, -0.1) is 0 Å². The first kappa shape index (κ1) is 16.9. The molecular formula is C14H21N3O4. The van der Waals surface area contributed by atoms with Crippen molar-refractivity contribution in [2.24, 2.45) is 11.1 Å². The van der Waals surface area contributed by atoms with Crippen molar-refractivity contribution in [3.05, 3.63) is 28.3 Å². The van der Waals surface area contributed by atoms with Gasteiger partial charge in [0.1, 0.15) is 11.4 Å². The van der Waals surface area contributed by atoms with E-state index in [1.807, 2.05) is 6.92 Å². The molecule has 1 unspecified atom stereocenters. The molecule has 0 bridgehead atoms. The van der Waals surface area contributed by atoms with Crippen LogP contribution in [0, 0.1) is 15.5 Å². The second-order valence-corrected chi connectivity index (χ2v) is 4.94. The molecule has 0 spiro atoms. The Balaban J connectivity index is 3.08. The number of anilines is 1. The van der Waals surface area contributed by atoms with E-state index in [1.54, 1.807) is 19.9 Å². The van der Waals surface area contributed by atoms with Crippen molar-refractivity contribution in [3.63, 3.8) is 0 Å². The first-order valence-corrected chi connectivity index (χ1v) is 6.80. The summed E-state index contributed by atoms with van der Waals surface area (Å²) in [5, 5.41) is 13.7. The molecule has 0 radical (unpaired) electrons. The third-order valence-electron chi connectivity index (χ3n) is 3.50. The summed E-state index contributed by atoms with van der Waals surface area (Å²) in [4.78, 5) is 22.8. The number of nitrogens with two attached hydrogens (primary N) is 1. The first-order valence-electron chi connectivity index (χ1n) is 6.80. The average molecular weight is 295 g/mol. The predicted octanol–water partition coefficient (Wildman–Crippen LogP) is 2.31. The van der Waals surface area contributed by atoms with E-state index in [1.165, 1.54) is 12.1 Å². The van der Waals surface area contributed by atoms with Gasteiger partial charge in [-0.25, -0.2) is 0 Å². The molecule has 0 fully saturated rings. The maximum Gasteiger partial charge on any atom is 0.296 e. The molecule has 0 aliphatic heterocycles. The van der Waals surface area contributed by atoms with Gasteiger partial charge in [0.15, 0.2) is 0 Å². The minimum atomic E-state index is -0.757. The van der Waals surface area contributed by atoms with E-state index in [4.69, 9.17) is 10.5 Å². The number of nitro groups is 1. The van der Waals surface area contributed by atoms with Crippen molar-refractivity contribution in [3.8, 4) is 5.75 Å². The normalized spacial score (nSPS) is 13.3. The third-order valence-corrected chi connectivity index (χ3v) is 3.50. The molecule has 0 aliphatic rings. The van der Waals surface area contributed by atoms with Gasteiger partial charge in [0.2, 0.25) is 5.91 Å². The van der Waals surface area contributed by atoms with Crippen LogP contribution in [0.3, 0.4) is 0 Å². The summed E-state index contributed by atoms with van der Waals surface area (Å²) in [6.45, 7) is 5.93. The molecule has 0 heterocycles. The summed E-state index contributed by atoms with van der Waals surface area (Å²) >= 11 is 0. The number of nitrogens with one attached hydrogen (secondary N) is 1. The molecule has 1 aromatic carbocycles. The first-order chi connectivity index (χ1) is 9.87. The molecule has 7 nitrogen and oxygen atoms in total. The van der Waals surface area contributed by atoms with Gasteiger partial charge >= 0.3 is 0 Å². The van der Waals surface area contributed by atoms with Crippen molar-refractivity contribution in [1.82, 2.24) is 0 Å². The zero-order valence-corrected chi connectivity index (χ0v) is 12.5. The molecular weight excluding hydrogens is 274 g/mol. The highest BCUT2D eigenvalue weighted by atomic mass is 16.6. The van der Waals surface area contributed by atoms with Gasteiger partial charge < -0.3 is 15.8 Å². The summed E-state index contributed by atoms with van der Waals surface area (Å²) in [7, 11) is 0. The molecule has 1 atom stereocenters. The topological polar surface area (TPSA) is 107 Å². The molecule has 0 saturated heterocycles. The molecule has 1 aromatic rings. The molecule has 1 rings (SSSR count). The fraction of sp³-hybridized carbons (Fsp3) is 0.500. The number of carbonyl (C=O) groups is 1. The van der Waals surface area contributed by atoms with Crippen LogP contribution in [-0.4, -0.2) is 24.0 Å². The zero-order valence-electron chi connectivity index (χ0n) is 12.5. The average Bonchev–Trinajstić information content (AvgIpc) is 2.47. The fourth-order valence-electron chi connectivity index (χ4n) is 1.70. The monoisotopic (exact) mass is 295 g/mol. The number of ether oxygens (including phenoxy) is 1. The molecule has 0 saturated carbocycles. The fourth-order valence-corrected chi connectivity index (χ4v) is 1.70. The Morgan fingerprint density at radius 1 is 1.48 bits per heavy atom. The molecule has 0 aliphatic carbocycles. The summed E-state index contributed by atoms with van der Waals surface area (Å²) < 4.78 is 5.23. The van der Waals surface area contributed by atoms with E-state index in [2.05, 4.69) is 5.32 Å². The summed E-state index contributed by atoms with van der Waals surface area (Å²) in [6, 6.07) is 4.34. The predicted molar refractivity (Wildman–Crippen MR) is 80.3 cm³/mol. The number of rotatable bonds is 7. The number of carbonyl (C=O) groups excluding carboxylic acids is 1. The largest absolute Gasteiger partial charge is 0.494 e. The van der Waals surface area contributed by atoms with E-state index < -0.39 is 10.3 Å². The van der Waals surface area contributed by atoms with E-state index in [-0.39, 0.29) is 23.8 Å². The van der Waals surface area contributed by atoms with Gasteiger partial charge in [-0.1, -0.05) is 6.92 Å². The molecule has 7 heteroatoms. The highest BCUT2D eigenvalue weighted by Gasteiger charge is 2.31. The van der Waals surface area contributed by atoms with Crippen LogP contribution in [0.15, 0.2) is 18.2 Å². The van der Waals surface area contributed by atoms with E-state index in [0.29, 0.717) is 18.8 Å². The number of amides is 1. The van der Waals surface area contributed by atoms with Crippen molar-refractivity contribution >= 4 is 17.3 Å². The van der Waals surface area contributed by atoms with Gasteiger partial charge in [0, 0.05) is 6.54 Å². The van der Waals surface area contributed by atoms with Gasteiger partial charge in [0.05, 0.1) is 23.0 Å². The summed E-state index contributed by atoms with van der Waals surface area (Å²) in [6.07, 6.45) is 0.542. The van der Waals surface area contributed by atoms with Crippen LogP contribution in [0.4, 0.5) is 11.4 Å². The van der Waals surface area contributed by atoms with Crippen LogP contribution in [0.25, 0.3) is 0 Å². The van der Waals surface area contributed by atoms with E-state index >= 15 is 0 Å². The SMILES string of the molecule is CCOc1ccc(NC(=O)C(C)(CC)CN)c([N+](=O)[O-])c1. The number of nitro benzene ring substituents is 1. The number of hydrogen-bond donors (Lipinski definition) is 2. The lowest BCUT2D eigenvalue weighted by Gasteiger charge is -2.24. The Kier molecular flexibility index (Phi) is 5.66. The molecule has 3 N–H and O–H groups in total. The smallest absolute Gasteiger partial charge is 0.296 e. The van der Waals surface area contributed by atoms with E-state index in [9.17, 15) is 14.9 Å². The Morgan fingerprint density at radius 3 is 2.62 bits per heavy atom. The van der Waals surface area contributed by atoms with Crippen LogP contribution in [0.1, 0.15) is 27.2 Å². The molecule has 21 heavy (non-hydrogen) atoms. The van der Waals surface area contributed by atoms with Crippen molar-refractivity contribution in [1.29, 1.82) is 0 Å².